The van der Waals surface area contributed by atoms with Crippen molar-refractivity contribution in [2.45, 2.75) is 25.9 Å². The Morgan fingerprint density at radius 1 is 1.22 bits per heavy atom. The second kappa shape index (κ2) is 7.08. The van der Waals surface area contributed by atoms with E-state index in [-0.39, 0.29) is 19.0 Å². The van der Waals surface area contributed by atoms with Crippen LogP contribution in [0.4, 0.5) is 4.79 Å². The molecule has 3 rings (SSSR count). The van der Waals surface area contributed by atoms with Crippen LogP contribution < -0.4 is 5.32 Å². The summed E-state index contributed by atoms with van der Waals surface area (Å²) in [6.07, 6.45) is 0. The van der Waals surface area contributed by atoms with Gasteiger partial charge in [-0.3, -0.25) is 14.5 Å². The van der Waals surface area contributed by atoms with Gasteiger partial charge in [-0.1, -0.05) is 23.7 Å². The molecule has 1 unspecified atom stereocenters. The summed E-state index contributed by atoms with van der Waals surface area (Å²) in [5.41, 5.74) is -0.641. The molecule has 1 fully saturated rings. The molecule has 27 heavy (non-hydrogen) atoms. The van der Waals surface area contributed by atoms with E-state index in [9.17, 15) is 14.4 Å². The Kier molecular flexibility index (Phi) is 4.97. The molecule has 0 bridgehead atoms. The van der Waals surface area contributed by atoms with Gasteiger partial charge in [0.1, 0.15) is 23.6 Å². The van der Waals surface area contributed by atoms with Crippen LogP contribution in [0.2, 0.25) is 5.02 Å². The Bertz CT molecular complexity index is 893. The number of halogens is 1. The lowest BCUT2D eigenvalue weighted by atomic mass is 9.92. The number of aryl methyl sites for hydroxylation is 1. The molecule has 4 amide bonds. The third-order valence-electron chi connectivity index (χ3n) is 4.60. The molecule has 0 spiro atoms. The SMILES string of the molecule is Cc1ccc(CN(C)C(=O)CN2C(=O)NC(C)(c3ccc(Cl)cc3)C2=O)o1. The van der Waals surface area contributed by atoms with Crippen LogP contribution >= 0.6 is 11.6 Å². The molecule has 142 valence electrons. The van der Waals surface area contributed by atoms with E-state index in [2.05, 4.69) is 5.32 Å². The molecular formula is C19H20ClN3O4. The van der Waals surface area contributed by atoms with Crippen molar-refractivity contribution in [3.05, 3.63) is 58.5 Å². The largest absolute Gasteiger partial charge is 0.464 e. The maximum absolute atomic E-state index is 12.9. The standard InChI is InChI=1S/C19H20ClN3O4/c1-12-4-9-15(27-12)10-22(3)16(24)11-23-17(25)19(2,21-18(23)26)13-5-7-14(20)8-6-13/h4-9H,10-11H2,1-3H3,(H,21,26). The number of nitrogens with zero attached hydrogens (tertiary/aromatic N) is 2. The molecule has 7 nitrogen and oxygen atoms in total. The number of furan rings is 1. The summed E-state index contributed by atoms with van der Waals surface area (Å²) < 4.78 is 5.45. The maximum Gasteiger partial charge on any atom is 0.325 e. The van der Waals surface area contributed by atoms with E-state index in [0.29, 0.717) is 16.3 Å². The minimum atomic E-state index is -1.24. The average Bonchev–Trinajstić information content (AvgIpc) is 3.12. The van der Waals surface area contributed by atoms with Gasteiger partial charge in [0.15, 0.2) is 0 Å². The zero-order chi connectivity index (χ0) is 19.8. The monoisotopic (exact) mass is 389 g/mol. The number of benzene rings is 1. The number of carbonyl (C=O) groups excluding carboxylic acids is 3. The number of carbonyl (C=O) groups is 3. The lowest BCUT2D eigenvalue weighted by Gasteiger charge is -2.23. The smallest absolute Gasteiger partial charge is 0.325 e. The molecule has 2 aromatic rings. The average molecular weight is 390 g/mol. The van der Waals surface area contributed by atoms with Crippen molar-refractivity contribution >= 4 is 29.4 Å². The van der Waals surface area contributed by atoms with Crippen LogP contribution in [0.25, 0.3) is 0 Å². The van der Waals surface area contributed by atoms with Crippen molar-refractivity contribution in [1.82, 2.24) is 15.1 Å². The molecule has 0 aliphatic carbocycles. The van der Waals surface area contributed by atoms with Crippen molar-refractivity contribution in [1.29, 1.82) is 0 Å². The topological polar surface area (TPSA) is 82.9 Å². The van der Waals surface area contributed by atoms with Crippen LogP contribution in [-0.2, 0) is 21.7 Å². The molecule has 1 aliphatic rings. The minimum absolute atomic E-state index is 0.255. The first kappa shape index (κ1) is 19.0. The predicted molar refractivity (Wildman–Crippen MR) is 99.0 cm³/mol. The van der Waals surface area contributed by atoms with Gasteiger partial charge in [-0.15, -0.1) is 0 Å². The van der Waals surface area contributed by atoms with E-state index in [4.69, 9.17) is 16.0 Å². The molecule has 2 heterocycles. The van der Waals surface area contributed by atoms with Gasteiger partial charge in [0.25, 0.3) is 5.91 Å². The normalized spacial score (nSPS) is 19.3. The second-order valence-electron chi connectivity index (χ2n) is 6.72. The van der Waals surface area contributed by atoms with E-state index in [0.717, 1.165) is 10.7 Å². The van der Waals surface area contributed by atoms with Crippen molar-refractivity contribution in [2.24, 2.45) is 0 Å². The zero-order valence-corrected chi connectivity index (χ0v) is 16.0. The summed E-state index contributed by atoms with van der Waals surface area (Å²) >= 11 is 5.89. The lowest BCUT2D eigenvalue weighted by molar-refractivity contribution is -0.138. The highest BCUT2D eigenvalue weighted by atomic mass is 35.5. The summed E-state index contributed by atoms with van der Waals surface area (Å²) in [5.74, 6) is 0.531. The highest BCUT2D eigenvalue weighted by Crippen LogP contribution is 2.29. The molecule has 1 atom stereocenters. The number of likely N-dealkylation sites (N-methyl/N-ethyl adjacent to an activating group) is 1. The van der Waals surface area contributed by atoms with E-state index in [1.807, 2.05) is 13.0 Å². The number of nitrogens with one attached hydrogen (secondary N) is 1. The first-order valence-electron chi connectivity index (χ1n) is 8.40. The maximum atomic E-state index is 12.9. The second-order valence-corrected chi connectivity index (χ2v) is 7.15. The molecule has 1 aromatic carbocycles. The number of amides is 4. The predicted octanol–water partition coefficient (Wildman–Crippen LogP) is 2.67. The Morgan fingerprint density at radius 3 is 2.48 bits per heavy atom. The fourth-order valence-corrected chi connectivity index (χ4v) is 3.09. The van der Waals surface area contributed by atoms with Gasteiger partial charge < -0.3 is 14.6 Å². The van der Waals surface area contributed by atoms with E-state index in [1.165, 1.54) is 4.90 Å². The van der Waals surface area contributed by atoms with Gasteiger partial charge in [-0.2, -0.15) is 0 Å². The lowest BCUT2D eigenvalue weighted by Crippen LogP contribution is -2.43. The molecule has 0 radical (unpaired) electrons. The zero-order valence-electron chi connectivity index (χ0n) is 15.3. The number of hydrogen-bond donors (Lipinski definition) is 1. The Morgan fingerprint density at radius 2 is 1.89 bits per heavy atom. The summed E-state index contributed by atoms with van der Waals surface area (Å²) in [4.78, 5) is 40.0. The van der Waals surface area contributed by atoms with Crippen molar-refractivity contribution < 1.29 is 18.8 Å². The van der Waals surface area contributed by atoms with Crippen LogP contribution in [0.3, 0.4) is 0 Å². The highest BCUT2D eigenvalue weighted by Gasteiger charge is 2.49. The van der Waals surface area contributed by atoms with E-state index in [1.54, 1.807) is 44.3 Å². The summed E-state index contributed by atoms with van der Waals surface area (Å²) in [7, 11) is 1.59. The van der Waals surface area contributed by atoms with Crippen molar-refractivity contribution in [3.8, 4) is 0 Å². The van der Waals surface area contributed by atoms with Gasteiger partial charge in [-0.05, 0) is 43.7 Å². The molecular weight excluding hydrogens is 370 g/mol. The fraction of sp³-hybridized carbons (Fsp3) is 0.316. The number of hydrogen-bond acceptors (Lipinski definition) is 4. The molecule has 1 saturated heterocycles. The number of imide groups is 1. The Hall–Kier alpha value is -2.80. The third kappa shape index (κ3) is 3.68. The van der Waals surface area contributed by atoms with Crippen LogP contribution in [0.5, 0.6) is 0 Å². The molecule has 8 heteroatoms. The van der Waals surface area contributed by atoms with Crippen molar-refractivity contribution in [3.63, 3.8) is 0 Å². The van der Waals surface area contributed by atoms with Gasteiger partial charge >= 0.3 is 6.03 Å². The molecule has 1 aromatic heterocycles. The van der Waals surface area contributed by atoms with Gasteiger partial charge in [-0.25, -0.2) is 4.79 Å². The third-order valence-corrected chi connectivity index (χ3v) is 4.86. The number of rotatable bonds is 5. The highest BCUT2D eigenvalue weighted by molar-refractivity contribution is 6.30. The fourth-order valence-electron chi connectivity index (χ4n) is 2.97. The van der Waals surface area contributed by atoms with Crippen LogP contribution in [0, 0.1) is 6.92 Å². The minimum Gasteiger partial charge on any atom is -0.464 e. The van der Waals surface area contributed by atoms with Crippen molar-refractivity contribution in [2.75, 3.05) is 13.6 Å². The van der Waals surface area contributed by atoms with Crippen LogP contribution in [0.15, 0.2) is 40.8 Å². The number of urea groups is 1. The summed E-state index contributed by atoms with van der Waals surface area (Å²) in [6, 6.07) is 9.64. The van der Waals surface area contributed by atoms with Gasteiger partial charge in [0.2, 0.25) is 5.91 Å². The van der Waals surface area contributed by atoms with Crippen LogP contribution in [0.1, 0.15) is 24.0 Å². The first-order valence-corrected chi connectivity index (χ1v) is 8.78. The van der Waals surface area contributed by atoms with E-state index < -0.39 is 17.5 Å². The van der Waals surface area contributed by atoms with E-state index >= 15 is 0 Å². The molecule has 0 saturated carbocycles. The van der Waals surface area contributed by atoms with Gasteiger partial charge in [0, 0.05) is 12.1 Å². The first-order chi connectivity index (χ1) is 12.7. The van der Waals surface area contributed by atoms with Crippen LogP contribution in [-0.4, -0.2) is 41.2 Å². The quantitative estimate of drug-likeness (QED) is 0.797. The van der Waals surface area contributed by atoms with Gasteiger partial charge in [0.05, 0.1) is 6.54 Å². The summed E-state index contributed by atoms with van der Waals surface area (Å²) in [5, 5.41) is 3.20. The summed E-state index contributed by atoms with van der Waals surface area (Å²) in [6.45, 7) is 3.33. The molecule has 1 aliphatic heterocycles. The Balaban J connectivity index is 1.71. The molecule has 1 N–H and O–H groups in total. The Labute approximate surface area is 161 Å².